The summed E-state index contributed by atoms with van der Waals surface area (Å²) in [5.74, 6) is 0.0455. The Balaban J connectivity index is 2.06. The first-order chi connectivity index (χ1) is 11.1. The molecule has 0 aliphatic heterocycles. The molecule has 6 nitrogen and oxygen atoms in total. The largest absolute Gasteiger partial charge is 0.367 e. The molecule has 1 atom stereocenters. The van der Waals surface area contributed by atoms with Crippen LogP contribution in [0.2, 0.25) is 4.34 Å². The third-order valence-corrected chi connectivity index (χ3v) is 5.09. The zero-order valence-corrected chi connectivity index (χ0v) is 14.0. The minimum atomic E-state index is -0.156. The quantitative estimate of drug-likeness (QED) is 0.441. The molecule has 1 unspecified atom stereocenters. The molecule has 2 aromatic heterocycles. The van der Waals surface area contributed by atoms with Gasteiger partial charge in [-0.1, -0.05) is 11.6 Å². The van der Waals surface area contributed by atoms with E-state index in [2.05, 4.69) is 15.2 Å². The van der Waals surface area contributed by atoms with Crippen molar-refractivity contribution in [3.63, 3.8) is 0 Å². The van der Waals surface area contributed by atoms with Crippen molar-refractivity contribution in [2.45, 2.75) is 25.7 Å². The van der Waals surface area contributed by atoms with Crippen molar-refractivity contribution < 1.29 is 5.21 Å². The van der Waals surface area contributed by atoms with Crippen molar-refractivity contribution in [1.82, 2.24) is 10.5 Å². The Morgan fingerprint density at radius 1 is 1.48 bits per heavy atom. The number of aryl methyl sites for hydroxylation is 1. The first-order valence-electron chi connectivity index (χ1n) is 7.08. The minimum absolute atomic E-state index is 0.156. The summed E-state index contributed by atoms with van der Waals surface area (Å²) in [7, 11) is 0. The van der Waals surface area contributed by atoms with Crippen LogP contribution >= 0.6 is 22.9 Å². The summed E-state index contributed by atoms with van der Waals surface area (Å²) >= 11 is 7.82. The van der Waals surface area contributed by atoms with Gasteiger partial charge in [0, 0.05) is 11.8 Å². The van der Waals surface area contributed by atoms with Crippen LogP contribution in [0.3, 0.4) is 0 Å². The summed E-state index contributed by atoms with van der Waals surface area (Å²) in [4.78, 5) is 4.50. The molecule has 8 heteroatoms. The molecule has 2 heterocycles. The highest BCUT2D eigenvalue weighted by atomic mass is 35.5. The lowest BCUT2D eigenvalue weighted by Gasteiger charge is -2.25. The van der Waals surface area contributed by atoms with Gasteiger partial charge in [0.05, 0.1) is 15.7 Å². The number of nitrogens with two attached hydrogens (primary N) is 1. The summed E-state index contributed by atoms with van der Waals surface area (Å²) in [5.41, 5.74) is 12.2. The number of hydrogen-bond donors (Lipinski definition) is 3. The van der Waals surface area contributed by atoms with E-state index in [0.29, 0.717) is 6.42 Å². The van der Waals surface area contributed by atoms with E-state index in [4.69, 9.17) is 22.5 Å². The number of rotatable bonds is 2. The first-order valence-corrected chi connectivity index (χ1v) is 8.33. The van der Waals surface area contributed by atoms with Gasteiger partial charge in [-0.15, -0.1) is 16.4 Å². The lowest BCUT2D eigenvalue weighted by molar-refractivity contribution is 0.232. The number of nitrogens with zero attached hydrogens (tertiary/aromatic N) is 3. The third-order valence-electron chi connectivity index (χ3n) is 3.88. The van der Waals surface area contributed by atoms with Crippen molar-refractivity contribution in [3.8, 4) is 0 Å². The van der Waals surface area contributed by atoms with Crippen molar-refractivity contribution in [2.75, 3.05) is 0 Å². The molecule has 0 spiro atoms. The number of hydrogen-bond acceptors (Lipinski definition) is 5. The molecule has 1 aliphatic rings. The standard InChI is InChI=1S/C15H16ClN5OS/c1-8-2-4-18-11-6-9(10-3-5-23-14(10)16)7-12(13(8)11)19-20-15(17)21-22/h2-5,9,22H,6-7H2,1H3,(H3,17,20,21)/b19-12-. The smallest absolute Gasteiger partial charge is 0.237 e. The fraction of sp³-hybridized carbons (Fsp3) is 0.267. The molecular weight excluding hydrogens is 334 g/mol. The Labute approximate surface area is 142 Å². The number of hydroxylamine groups is 1. The van der Waals surface area contributed by atoms with Crippen LogP contribution in [0.5, 0.6) is 0 Å². The van der Waals surface area contributed by atoms with Crippen molar-refractivity contribution in [3.05, 3.63) is 50.4 Å². The summed E-state index contributed by atoms with van der Waals surface area (Å²) < 4.78 is 0.797. The molecule has 0 saturated heterocycles. The van der Waals surface area contributed by atoms with Crippen LogP contribution in [-0.2, 0) is 6.42 Å². The van der Waals surface area contributed by atoms with Gasteiger partial charge in [0.25, 0.3) is 0 Å². The summed E-state index contributed by atoms with van der Waals surface area (Å²) in [6.45, 7) is 2.02. The molecule has 3 rings (SSSR count). The predicted octanol–water partition coefficient (Wildman–Crippen LogP) is 2.83. The van der Waals surface area contributed by atoms with Crippen molar-refractivity contribution in [2.24, 2.45) is 15.9 Å². The number of pyridine rings is 1. The average molecular weight is 350 g/mol. The van der Waals surface area contributed by atoms with Crippen LogP contribution < -0.4 is 11.2 Å². The van der Waals surface area contributed by atoms with Gasteiger partial charge in [0.2, 0.25) is 5.96 Å². The van der Waals surface area contributed by atoms with Crippen LogP contribution in [0.1, 0.15) is 34.7 Å². The van der Waals surface area contributed by atoms with E-state index in [0.717, 1.165) is 38.9 Å². The molecule has 0 amide bonds. The fourth-order valence-corrected chi connectivity index (χ4v) is 3.93. The number of fused-ring (bicyclic) bond motifs is 1. The van der Waals surface area contributed by atoms with Crippen LogP contribution in [-0.4, -0.2) is 21.9 Å². The van der Waals surface area contributed by atoms with Gasteiger partial charge >= 0.3 is 0 Å². The second kappa shape index (κ2) is 6.66. The van der Waals surface area contributed by atoms with Gasteiger partial charge < -0.3 is 5.73 Å². The molecule has 0 bridgehead atoms. The molecule has 4 N–H and O–H groups in total. The molecule has 120 valence electrons. The predicted molar refractivity (Wildman–Crippen MR) is 92.4 cm³/mol. The highest BCUT2D eigenvalue weighted by Crippen LogP contribution is 2.38. The van der Waals surface area contributed by atoms with Crippen LogP contribution in [0.25, 0.3) is 0 Å². The molecule has 0 radical (unpaired) electrons. The maximum absolute atomic E-state index is 8.75. The van der Waals surface area contributed by atoms with Crippen LogP contribution in [0.15, 0.2) is 33.9 Å². The lowest BCUT2D eigenvalue weighted by Crippen LogP contribution is -2.28. The summed E-state index contributed by atoms with van der Waals surface area (Å²) in [6, 6.07) is 3.99. The zero-order chi connectivity index (χ0) is 16.4. The molecule has 1 aliphatic carbocycles. The Morgan fingerprint density at radius 3 is 3.00 bits per heavy atom. The van der Waals surface area contributed by atoms with Gasteiger partial charge in [-0.2, -0.15) is 5.10 Å². The number of halogens is 1. The Kier molecular flexibility index (Phi) is 4.61. The van der Waals surface area contributed by atoms with E-state index >= 15 is 0 Å². The minimum Gasteiger partial charge on any atom is -0.367 e. The van der Waals surface area contributed by atoms with Gasteiger partial charge in [-0.25, -0.2) is 5.48 Å². The Hall–Kier alpha value is -1.96. The van der Waals surface area contributed by atoms with E-state index in [9.17, 15) is 0 Å². The second-order valence-corrected chi connectivity index (χ2v) is 6.87. The number of thiophene rings is 1. The topological polar surface area (TPSA) is 95.9 Å². The van der Waals surface area contributed by atoms with E-state index in [1.165, 1.54) is 11.3 Å². The van der Waals surface area contributed by atoms with Gasteiger partial charge in [0.1, 0.15) is 0 Å². The van der Waals surface area contributed by atoms with E-state index in [1.54, 1.807) is 11.7 Å². The van der Waals surface area contributed by atoms with Gasteiger partial charge in [-0.05, 0) is 54.3 Å². The normalized spacial score (nSPS) is 19.7. The summed E-state index contributed by atoms with van der Waals surface area (Å²) in [5, 5.41) is 18.8. The van der Waals surface area contributed by atoms with Crippen molar-refractivity contribution in [1.29, 1.82) is 0 Å². The highest BCUT2D eigenvalue weighted by molar-refractivity contribution is 7.14. The van der Waals surface area contributed by atoms with E-state index < -0.39 is 0 Å². The van der Waals surface area contributed by atoms with Gasteiger partial charge in [-0.3, -0.25) is 10.2 Å². The van der Waals surface area contributed by atoms with E-state index in [-0.39, 0.29) is 11.9 Å². The highest BCUT2D eigenvalue weighted by Gasteiger charge is 2.28. The maximum Gasteiger partial charge on any atom is 0.237 e. The fourth-order valence-electron chi connectivity index (χ4n) is 2.85. The second-order valence-electron chi connectivity index (χ2n) is 5.35. The molecule has 0 fully saturated rings. The zero-order valence-electron chi connectivity index (χ0n) is 12.5. The molecule has 2 aromatic rings. The van der Waals surface area contributed by atoms with Crippen LogP contribution in [0.4, 0.5) is 0 Å². The maximum atomic E-state index is 8.75. The Morgan fingerprint density at radius 2 is 2.30 bits per heavy atom. The first kappa shape index (κ1) is 15.9. The van der Waals surface area contributed by atoms with Gasteiger partial charge in [0.15, 0.2) is 0 Å². The average Bonchev–Trinajstić information content (AvgIpc) is 2.98. The van der Waals surface area contributed by atoms with Crippen molar-refractivity contribution >= 4 is 34.6 Å². The van der Waals surface area contributed by atoms with Crippen LogP contribution in [0, 0.1) is 6.92 Å². The lowest BCUT2D eigenvalue weighted by atomic mass is 9.81. The number of aromatic nitrogens is 1. The summed E-state index contributed by atoms with van der Waals surface area (Å²) in [6.07, 6.45) is 3.30. The molecule has 23 heavy (non-hydrogen) atoms. The molecular formula is C15H16ClN5OS. The number of nitrogens with one attached hydrogen (secondary N) is 1. The molecule has 0 aromatic carbocycles. The Bertz CT molecular complexity index is 786. The monoisotopic (exact) mass is 349 g/mol. The third kappa shape index (κ3) is 3.21. The molecule has 0 saturated carbocycles. The SMILES string of the molecule is Cc1ccnc2c1/C(=N\N=C(/N)NO)CC(c1ccsc1Cl)C2. The number of guanidine groups is 1. The van der Waals surface area contributed by atoms with E-state index in [1.807, 2.05) is 24.4 Å².